The highest BCUT2D eigenvalue weighted by atomic mass is 16.5. The number of methoxy groups -OCH3 is 1. The lowest BCUT2D eigenvalue weighted by Gasteiger charge is -2.23. The average Bonchev–Trinajstić information content (AvgIpc) is 3.03. The molecule has 1 aliphatic heterocycles. The Labute approximate surface area is 126 Å². The first-order valence-electron chi connectivity index (χ1n) is 7.38. The third-order valence-corrected chi connectivity index (χ3v) is 3.54. The van der Waals surface area contributed by atoms with Crippen LogP contribution in [-0.2, 0) is 9.53 Å². The highest BCUT2D eigenvalue weighted by Crippen LogP contribution is 2.07. The molecule has 1 saturated heterocycles. The molecule has 0 spiro atoms. The highest BCUT2D eigenvalue weighted by Gasteiger charge is 2.20. The number of carbonyl (C=O) groups is 1. The zero-order valence-electron chi connectivity index (χ0n) is 12.5. The van der Waals surface area contributed by atoms with Crippen molar-refractivity contribution >= 4 is 5.91 Å². The fraction of sp³-hybridized carbons (Fsp3) is 0.471. The maximum Gasteiger partial charge on any atom is 0.298 e. The van der Waals surface area contributed by atoms with Gasteiger partial charge in [0.25, 0.3) is 5.91 Å². The number of nitrogens with zero attached hydrogens (tertiary/aromatic N) is 1. The highest BCUT2D eigenvalue weighted by molar-refractivity contribution is 5.94. The summed E-state index contributed by atoms with van der Waals surface area (Å²) in [5, 5.41) is 3.41. The van der Waals surface area contributed by atoms with Crippen LogP contribution < -0.4 is 5.32 Å². The van der Waals surface area contributed by atoms with Crippen molar-refractivity contribution in [2.24, 2.45) is 0 Å². The van der Waals surface area contributed by atoms with Gasteiger partial charge in [0.2, 0.25) is 0 Å². The molecular weight excluding hydrogens is 264 g/mol. The van der Waals surface area contributed by atoms with Crippen molar-refractivity contribution in [3.8, 4) is 11.8 Å². The van der Waals surface area contributed by atoms with Gasteiger partial charge in [0.1, 0.15) is 0 Å². The second-order valence-electron chi connectivity index (χ2n) is 5.15. The maximum atomic E-state index is 12.3. The predicted molar refractivity (Wildman–Crippen MR) is 82.8 cm³/mol. The molecule has 1 aromatic carbocycles. The van der Waals surface area contributed by atoms with Crippen molar-refractivity contribution in [2.75, 3.05) is 33.4 Å². The molecule has 0 bridgehead atoms. The van der Waals surface area contributed by atoms with Gasteiger partial charge in [-0.25, -0.2) is 0 Å². The first-order chi connectivity index (χ1) is 10.3. The van der Waals surface area contributed by atoms with Gasteiger partial charge in [0.05, 0.1) is 6.61 Å². The van der Waals surface area contributed by atoms with Crippen LogP contribution in [0.4, 0.5) is 0 Å². The van der Waals surface area contributed by atoms with Gasteiger partial charge in [0, 0.05) is 37.7 Å². The van der Waals surface area contributed by atoms with Crippen LogP contribution in [0.2, 0.25) is 0 Å². The van der Waals surface area contributed by atoms with Gasteiger partial charge in [0.15, 0.2) is 0 Å². The van der Waals surface area contributed by atoms with Gasteiger partial charge in [-0.1, -0.05) is 24.1 Å². The van der Waals surface area contributed by atoms with Crippen LogP contribution in [0, 0.1) is 11.8 Å². The smallest absolute Gasteiger partial charge is 0.298 e. The summed E-state index contributed by atoms with van der Waals surface area (Å²) in [6, 6.07) is 9.95. The van der Waals surface area contributed by atoms with Gasteiger partial charge in [-0.3, -0.25) is 4.79 Å². The molecule has 1 fully saturated rings. The summed E-state index contributed by atoms with van der Waals surface area (Å²) >= 11 is 0. The van der Waals surface area contributed by atoms with Gasteiger partial charge in [-0.15, -0.1) is 0 Å². The summed E-state index contributed by atoms with van der Waals surface area (Å²) in [4.78, 5) is 14.1. The van der Waals surface area contributed by atoms with Crippen molar-refractivity contribution in [1.29, 1.82) is 0 Å². The third-order valence-electron chi connectivity index (χ3n) is 3.54. The molecule has 1 aliphatic rings. The number of hydrogen-bond acceptors (Lipinski definition) is 3. The normalized spacial score (nSPS) is 17.1. The number of carbonyl (C=O) groups excluding carboxylic acids is 1. The number of hydrogen-bond donors (Lipinski definition) is 1. The van der Waals surface area contributed by atoms with E-state index in [1.54, 1.807) is 12.0 Å². The van der Waals surface area contributed by atoms with E-state index in [2.05, 4.69) is 17.2 Å². The first-order valence-corrected chi connectivity index (χ1v) is 7.38. The zero-order valence-corrected chi connectivity index (χ0v) is 12.5. The second kappa shape index (κ2) is 8.46. The zero-order chi connectivity index (χ0) is 14.9. The van der Waals surface area contributed by atoms with Crippen molar-refractivity contribution in [1.82, 2.24) is 10.2 Å². The second-order valence-corrected chi connectivity index (χ2v) is 5.15. The Morgan fingerprint density at radius 3 is 2.90 bits per heavy atom. The van der Waals surface area contributed by atoms with Crippen LogP contribution in [0.15, 0.2) is 30.3 Å². The van der Waals surface area contributed by atoms with Crippen molar-refractivity contribution in [3.63, 3.8) is 0 Å². The molecule has 2 rings (SSSR count). The van der Waals surface area contributed by atoms with E-state index in [1.807, 2.05) is 30.3 Å². The lowest BCUT2D eigenvalue weighted by atomic mass is 10.2. The van der Waals surface area contributed by atoms with Gasteiger partial charge in [-0.05, 0) is 31.5 Å². The van der Waals surface area contributed by atoms with Crippen LogP contribution in [-0.4, -0.2) is 50.2 Å². The molecule has 1 atom stereocenters. The molecule has 0 aliphatic carbocycles. The van der Waals surface area contributed by atoms with Crippen LogP contribution in [0.5, 0.6) is 0 Å². The van der Waals surface area contributed by atoms with Crippen LogP contribution in [0.3, 0.4) is 0 Å². The lowest BCUT2D eigenvalue weighted by Crippen LogP contribution is -2.42. The number of benzene rings is 1. The average molecular weight is 286 g/mol. The summed E-state index contributed by atoms with van der Waals surface area (Å²) < 4.78 is 5.09. The molecule has 4 heteroatoms. The van der Waals surface area contributed by atoms with E-state index in [-0.39, 0.29) is 5.91 Å². The molecular formula is C17H22N2O2. The number of rotatable bonds is 5. The fourth-order valence-electron chi connectivity index (χ4n) is 2.38. The molecule has 0 aromatic heterocycles. The van der Waals surface area contributed by atoms with E-state index in [0.717, 1.165) is 18.5 Å². The van der Waals surface area contributed by atoms with Crippen molar-refractivity contribution in [3.05, 3.63) is 35.9 Å². The first kappa shape index (κ1) is 15.6. The number of nitrogens with one attached hydrogen (secondary N) is 1. The molecule has 21 heavy (non-hydrogen) atoms. The fourth-order valence-corrected chi connectivity index (χ4v) is 2.38. The minimum atomic E-state index is -0.135. The Balaban J connectivity index is 1.97. The van der Waals surface area contributed by atoms with Crippen LogP contribution >= 0.6 is 0 Å². The van der Waals surface area contributed by atoms with Crippen LogP contribution in [0.25, 0.3) is 0 Å². The summed E-state index contributed by atoms with van der Waals surface area (Å²) in [5.74, 6) is 5.52. The van der Waals surface area contributed by atoms with E-state index < -0.39 is 0 Å². The topological polar surface area (TPSA) is 41.6 Å². The Morgan fingerprint density at radius 2 is 2.24 bits per heavy atom. The molecule has 1 amide bonds. The molecule has 1 aromatic rings. The van der Waals surface area contributed by atoms with Gasteiger partial charge in [-0.2, -0.15) is 0 Å². The largest absolute Gasteiger partial charge is 0.383 e. The van der Waals surface area contributed by atoms with Crippen LogP contribution in [0.1, 0.15) is 18.4 Å². The minimum Gasteiger partial charge on any atom is -0.383 e. The maximum absolute atomic E-state index is 12.3. The molecule has 1 heterocycles. The Hall–Kier alpha value is -1.83. The monoisotopic (exact) mass is 286 g/mol. The summed E-state index contributed by atoms with van der Waals surface area (Å²) in [7, 11) is 1.64. The third kappa shape index (κ3) is 5.22. The summed E-state index contributed by atoms with van der Waals surface area (Å²) in [6.07, 6.45) is 2.29. The van der Waals surface area contributed by atoms with E-state index in [1.165, 1.54) is 6.42 Å². The summed E-state index contributed by atoms with van der Waals surface area (Å²) in [6.45, 7) is 2.85. The molecule has 0 radical (unpaired) electrons. The molecule has 0 saturated carbocycles. The van der Waals surface area contributed by atoms with E-state index in [0.29, 0.717) is 25.7 Å². The van der Waals surface area contributed by atoms with Crippen molar-refractivity contribution in [2.45, 2.75) is 18.9 Å². The Bertz CT molecular complexity index is 499. The molecule has 4 nitrogen and oxygen atoms in total. The van der Waals surface area contributed by atoms with E-state index in [9.17, 15) is 4.79 Å². The quantitative estimate of drug-likeness (QED) is 0.829. The number of amides is 1. The SMILES string of the molecule is COCCN(CC1CCCN1)C(=O)C#Cc1ccccc1. The molecule has 112 valence electrons. The molecule has 1 N–H and O–H groups in total. The van der Waals surface area contributed by atoms with Crippen molar-refractivity contribution < 1.29 is 9.53 Å². The van der Waals surface area contributed by atoms with E-state index >= 15 is 0 Å². The standard InChI is InChI=1S/C17H22N2O2/c1-21-13-12-19(14-16-8-5-11-18-16)17(20)10-9-15-6-3-2-4-7-15/h2-4,6-7,16,18H,5,8,11-14H2,1H3. The lowest BCUT2D eigenvalue weighted by molar-refractivity contribution is -0.126. The van der Waals surface area contributed by atoms with Gasteiger partial charge < -0.3 is 15.0 Å². The Morgan fingerprint density at radius 1 is 1.43 bits per heavy atom. The minimum absolute atomic E-state index is 0.135. The summed E-state index contributed by atoms with van der Waals surface area (Å²) in [5.41, 5.74) is 0.858. The Kier molecular flexibility index (Phi) is 6.26. The van der Waals surface area contributed by atoms with E-state index in [4.69, 9.17) is 4.74 Å². The predicted octanol–water partition coefficient (Wildman–Crippen LogP) is 1.27. The van der Waals surface area contributed by atoms with Gasteiger partial charge >= 0.3 is 0 Å². The molecule has 1 unspecified atom stereocenters. The number of ether oxygens (including phenoxy) is 1.